The first-order valence-corrected chi connectivity index (χ1v) is 9.79. The van der Waals surface area contributed by atoms with Gasteiger partial charge in [-0.05, 0) is 75.6 Å². The lowest BCUT2D eigenvalue weighted by Gasteiger charge is -2.09. The highest BCUT2D eigenvalue weighted by molar-refractivity contribution is 5.82. The number of hydrogen-bond donors (Lipinski definition) is 0. The summed E-state index contributed by atoms with van der Waals surface area (Å²) in [5.41, 5.74) is 4.22. The molecule has 0 spiro atoms. The molecule has 0 aliphatic rings. The molecular weight excluding hydrogens is 350 g/mol. The molecule has 2 aromatic carbocycles. The van der Waals surface area contributed by atoms with E-state index in [1.807, 2.05) is 30.3 Å². The van der Waals surface area contributed by atoms with E-state index in [2.05, 4.69) is 39.8 Å². The molecule has 1 aromatic heterocycles. The Hall–Kier alpha value is -2.59. The van der Waals surface area contributed by atoms with Gasteiger partial charge in [0, 0.05) is 30.2 Å². The third-order valence-electron chi connectivity index (χ3n) is 4.60. The van der Waals surface area contributed by atoms with E-state index in [1.54, 1.807) is 7.11 Å². The van der Waals surface area contributed by atoms with E-state index in [0.717, 1.165) is 53.0 Å². The van der Waals surface area contributed by atoms with Gasteiger partial charge in [-0.15, -0.1) is 0 Å². The van der Waals surface area contributed by atoms with Crippen LogP contribution in [0, 0.1) is 13.8 Å². The minimum absolute atomic E-state index is 0.253. The predicted octanol–water partition coefficient (Wildman–Crippen LogP) is 5.44. The van der Waals surface area contributed by atoms with Gasteiger partial charge in [-0.3, -0.25) is 4.99 Å². The number of rotatable bonds is 7. The molecule has 0 saturated carbocycles. The van der Waals surface area contributed by atoms with Crippen molar-refractivity contribution in [3.05, 3.63) is 58.9 Å². The molecule has 0 atom stereocenters. The van der Waals surface area contributed by atoms with E-state index in [4.69, 9.17) is 18.9 Å². The van der Waals surface area contributed by atoms with Crippen molar-refractivity contribution < 1.29 is 13.9 Å². The second-order valence-corrected chi connectivity index (χ2v) is 7.33. The van der Waals surface area contributed by atoms with Gasteiger partial charge in [0.1, 0.15) is 17.1 Å². The molecule has 0 aliphatic carbocycles. The van der Waals surface area contributed by atoms with Crippen molar-refractivity contribution >= 4 is 11.0 Å². The lowest BCUT2D eigenvalue weighted by Crippen LogP contribution is -2.09. The third kappa shape index (κ3) is 4.82. The van der Waals surface area contributed by atoms with Crippen molar-refractivity contribution in [3.8, 4) is 17.1 Å². The summed E-state index contributed by atoms with van der Waals surface area (Å²) in [6, 6.07) is 14.2. The summed E-state index contributed by atoms with van der Waals surface area (Å²) in [7, 11) is 1.67. The lowest BCUT2D eigenvalue weighted by molar-refractivity contribution is 0.0782. The number of ether oxygens (including phenoxy) is 2. The largest absolute Gasteiger partial charge is 0.497 e. The van der Waals surface area contributed by atoms with E-state index in [9.17, 15) is 0 Å². The van der Waals surface area contributed by atoms with Crippen LogP contribution in [0.2, 0.25) is 0 Å². The maximum atomic E-state index is 6.26. The van der Waals surface area contributed by atoms with Crippen LogP contribution in [0.3, 0.4) is 0 Å². The van der Waals surface area contributed by atoms with Crippen LogP contribution in [0.5, 0.6) is 5.75 Å². The van der Waals surface area contributed by atoms with Gasteiger partial charge in [0.2, 0.25) is 0 Å². The number of aryl methyl sites for hydroxylation is 2. The molecule has 0 fully saturated rings. The molecule has 0 amide bonds. The van der Waals surface area contributed by atoms with E-state index < -0.39 is 0 Å². The van der Waals surface area contributed by atoms with Crippen LogP contribution in [0.15, 0.2) is 51.9 Å². The van der Waals surface area contributed by atoms with Gasteiger partial charge in [-0.25, -0.2) is 0 Å². The van der Waals surface area contributed by atoms with Crippen molar-refractivity contribution in [1.29, 1.82) is 0 Å². The van der Waals surface area contributed by atoms with E-state index in [-0.39, 0.29) is 6.10 Å². The number of fused-ring (bicyclic) bond motifs is 1. The number of benzene rings is 2. The zero-order chi connectivity index (χ0) is 20.1. The van der Waals surface area contributed by atoms with Gasteiger partial charge >= 0.3 is 0 Å². The highest BCUT2D eigenvalue weighted by Gasteiger charge is 2.09. The van der Waals surface area contributed by atoms with Gasteiger partial charge in [0.05, 0.1) is 18.6 Å². The summed E-state index contributed by atoms with van der Waals surface area (Å²) >= 11 is 0. The molecule has 1 heterocycles. The van der Waals surface area contributed by atoms with Crippen molar-refractivity contribution in [2.24, 2.45) is 4.99 Å². The maximum absolute atomic E-state index is 6.26. The molecule has 0 aliphatic heterocycles. The van der Waals surface area contributed by atoms with Crippen LogP contribution in [-0.4, -0.2) is 26.4 Å². The first kappa shape index (κ1) is 20.2. The van der Waals surface area contributed by atoms with Gasteiger partial charge < -0.3 is 13.9 Å². The highest BCUT2D eigenvalue weighted by Crippen LogP contribution is 2.26. The standard InChI is InChI=1S/C24H29NO3/c1-16(2)27-12-6-11-25-21-15-22(19-7-9-20(26-5)10-8-19)28-23-14-17(3)13-18(4)24(21)23/h7-10,13-16H,6,11-12H2,1-5H3. The number of hydrogen-bond acceptors (Lipinski definition) is 4. The molecule has 4 nitrogen and oxygen atoms in total. The Morgan fingerprint density at radius 2 is 1.79 bits per heavy atom. The first-order valence-electron chi connectivity index (χ1n) is 9.79. The molecular formula is C24H29NO3. The molecule has 0 N–H and O–H groups in total. The van der Waals surface area contributed by atoms with Crippen molar-refractivity contribution in [2.75, 3.05) is 20.3 Å². The Balaban J connectivity index is 2.03. The van der Waals surface area contributed by atoms with E-state index in [1.165, 1.54) is 11.1 Å². The van der Waals surface area contributed by atoms with Gasteiger partial charge in [-0.1, -0.05) is 6.07 Å². The summed E-state index contributed by atoms with van der Waals surface area (Å²) in [6.45, 7) is 9.74. The maximum Gasteiger partial charge on any atom is 0.137 e. The van der Waals surface area contributed by atoms with E-state index in [0.29, 0.717) is 0 Å². The Morgan fingerprint density at radius 3 is 2.46 bits per heavy atom. The second kappa shape index (κ2) is 9.07. The minimum atomic E-state index is 0.253. The molecule has 0 saturated heterocycles. The lowest BCUT2D eigenvalue weighted by atomic mass is 10.0. The van der Waals surface area contributed by atoms with Crippen molar-refractivity contribution in [1.82, 2.24) is 0 Å². The Kier molecular flexibility index (Phi) is 6.53. The Bertz CT molecular complexity index is 1000. The molecule has 4 heteroatoms. The summed E-state index contributed by atoms with van der Waals surface area (Å²) in [5.74, 6) is 1.63. The average Bonchev–Trinajstić information content (AvgIpc) is 2.66. The van der Waals surface area contributed by atoms with E-state index >= 15 is 0 Å². The molecule has 0 unspecified atom stereocenters. The topological polar surface area (TPSA) is 44.0 Å². The molecule has 0 radical (unpaired) electrons. The van der Waals surface area contributed by atoms with Crippen molar-refractivity contribution in [3.63, 3.8) is 0 Å². The minimum Gasteiger partial charge on any atom is -0.497 e. The normalized spacial score (nSPS) is 12.1. The monoisotopic (exact) mass is 379 g/mol. The summed E-state index contributed by atoms with van der Waals surface area (Å²) in [5, 5.41) is 2.04. The fraction of sp³-hybridized carbons (Fsp3) is 0.375. The zero-order valence-electron chi connectivity index (χ0n) is 17.4. The molecule has 28 heavy (non-hydrogen) atoms. The van der Waals surface area contributed by atoms with Crippen LogP contribution >= 0.6 is 0 Å². The second-order valence-electron chi connectivity index (χ2n) is 7.33. The van der Waals surface area contributed by atoms with Gasteiger partial charge in [0.15, 0.2) is 0 Å². The van der Waals surface area contributed by atoms with Gasteiger partial charge in [-0.2, -0.15) is 0 Å². The molecule has 3 rings (SSSR count). The SMILES string of the molecule is COc1ccc(-c2cc(=NCCCOC(C)C)c3c(C)cc(C)cc3o2)cc1. The van der Waals surface area contributed by atoms with Crippen LogP contribution in [0.4, 0.5) is 0 Å². The molecule has 3 aromatic rings. The van der Waals surface area contributed by atoms with Crippen LogP contribution in [0.1, 0.15) is 31.4 Å². The fourth-order valence-electron chi connectivity index (χ4n) is 3.29. The van der Waals surface area contributed by atoms with Crippen LogP contribution in [0.25, 0.3) is 22.3 Å². The Morgan fingerprint density at radius 1 is 1.04 bits per heavy atom. The van der Waals surface area contributed by atoms with Crippen LogP contribution in [-0.2, 0) is 4.74 Å². The summed E-state index contributed by atoms with van der Waals surface area (Å²) in [6.07, 6.45) is 1.15. The third-order valence-corrected chi connectivity index (χ3v) is 4.60. The highest BCUT2D eigenvalue weighted by atomic mass is 16.5. The van der Waals surface area contributed by atoms with Crippen LogP contribution < -0.4 is 10.1 Å². The molecule has 0 bridgehead atoms. The zero-order valence-corrected chi connectivity index (χ0v) is 17.4. The quantitative estimate of drug-likeness (QED) is 0.513. The summed E-state index contributed by atoms with van der Waals surface area (Å²) < 4.78 is 17.2. The van der Waals surface area contributed by atoms with Gasteiger partial charge in [0.25, 0.3) is 0 Å². The predicted molar refractivity (Wildman–Crippen MR) is 114 cm³/mol. The number of methoxy groups -OCH3 is 1. The summed E-state index contributed by atoms with van der Waals surface area (Å²) in [4.78, 5) is 4.88. The Labute approximate surface area is 166 Å². The van der Waals surface area contributed by atoms with Crippen molar-refractivity contribution in [2.45, 2.75) is 40.2 Å². The fourth-order valence-corrected chi connectivity index (χ4v) is 3.29. The average molecular weight is 380 g/mol. The molecule has 148 valence electrons. The number of nitrogens with zero attached hydrogens (tertiary/aromatic N) is 1. The first-order chi connectivity index (χ1) is 13.5. The smallest absolute Gasteiger partial charge is 0.137 e.